The molecule has 1 N–H and O–H groups in total. The first kappa shape index (κ1) is 27.1. The highest BCUT2D eigenvalue weighted by Gasteiger charge is 2.44. The van der Waals surface area contributed by atoms with E-state index in [0.717, 1.165) is 24.6 Å². The monoisotopic (exact) mass is 543 g/mol. The van der Waals surface area contributed by atoms with Gasteiger partial charge in [0.15, 0.2) is 23.0 Å². The van der Waals surface area contributed by atoms with E-state index < -0.39 is 23.5 Å². The standard InChI is InChI=1S/C31H33N3O6/c1-3-4-7-17-39-24-12-11-22(19-25(24)38-2)28-27(29(35)26-18-21-9-5-6-10-23(21)40-26)30(36)31(37)34(28)15-8-14-33-16-13-32-20-33/h5-6,9-13,16,18-20,28,36H,3-4,7-8,14-15,17H2,1-2H3/t28-/m0/s1. The molecule has 9 nitrogen and oxygen atoms in total. The molecule has 0 spiro atoms. The summed E-state index contributed by atoms with van der Waals surface area (Å²) in [5, 5.41) is 11.8. The van der Waals surface area contributed by atoms with Gasteiger partial charge in [0.05, 0.1) is 31.7 Å². The van der Waals surface area contributed by atoms with E-state index >= 15 is 0 Å². The number of ketones is 1. The third kappa shape index (κ3) is 5.45. The lowest BCUT2D eigenvalue weighted by Gasteiger charge is -2.27. The maximum atomic E-state index is 13.8. The Morgan fingerprint density at radius 2 is 1.93 bits per heavy atom. The van der Waals surface area contributed by atoms with Crippen LogP contribution in [0.25, 0.3) is 11.0 Å². The second-order valence-electron chi connectivity index (χ2n) is 9.76. The number of carbonyl (C=O) groups is 2. The number of aryl methyl sites for hydroxylation is 1. The van der Waals surface area contributed by atoms with Gasteiger partial charge in [-0.1, -0.05) is 44.0 Å². The molecule has 1 aliphatic rings. The molecular weight excluding hydrogens is 510 g/mol. The Balaban J connectivity index is 1.48. The van der Waals surface area contributed by atoms with Gasteiger partial charge in [0.2, 0.25) is 5.78 Å². The summed E-state index contributed by atoms with van der Waals surface area (Å²) >= 11 is 0. The number of hydrogen-bond acceptors (Lipinski definition) is 7. The highest BCUT2D eigenvalue weighted by atomic mass is 16.5. The molecule has 5 rings (SSSR count). The van der Waals surface area contributed by atoms with Gasteiger partial charge in [0.25, 0.3) is 5.91 Å². The molecule has 1 aliphatic heterocycles. The van der Waals surface area contributed by atoms with Crippen LogP contribution in [0.2, 0.25) is 0 Å². The summed E-state index contributed by atoms with van der Waals surface area (Å²) in [6, 6.07) is 13.4. The molecule has 1 amide bonds. The van der Waals surface area contributed by atoms with Crippen molar-refractivity contribution in [2.45, 2.75) is 45.2 Å². The van der Waals surface area contributed by atoms with Crippen molar-refractivity contribution < 1.29 is 28.6 Å². The van der Waals surface area contributed by atoms with Crippen LogP contribution in [0.1, 0.15) is 54.8 Å². The van der Waals surface area contributed by atoms with E-state index in [-0.39, 0.29) is 11.3 Å². The average Bonchev–Trinajstić information content (AvgIpc) is 3.70. The Morgan fingerprint density at radius 3 is 2.67 bits per heavy atom. The van der Waals surface area contributed by atoms with Gasteiger partial charge in [0.1, 0.15) is 5.58 Å². The zero-order chi connectivity index (χ0) is 28.1. The van der Waals surface area contributed by atoms with E-state index in [9.17, 15) is 14.7 Å². The lowest BCUT2D eigenvalue weighted by atomic mass is 9.94. The fourth-order valence-corrected chi connectivity index (χ4v) is 5.04. The number of carbonyl (C=O) groups excluding carboxylic acids is 2. The van der Waals surface area contributed by atoms with Gasteiger partial charge in [-0.15, -0.1) is 0 Å². The van der Waals surface area contributed by atoms with Gasteiger partial charge in [0, 0.05) is 30.9 Å². The molecule has 2 aromatic heterocycles. The van der Waals surface area contributed by atoms with E-state index in [1.807, 2.05) is 35.0 Å². The molecule has 0 fully saturated rings. The summed E-state index contributed by atoms with van der Waals surface area (Å²) in [4.78, 5) is 32.8. The van der Waals surface area contributed by atoms with Crippen LogP contribution >= 0.6 is 0 Å². The number of methoxy groups -OCH3 is 1. The van der Waals surface area contributed by atoms with Crippen LogP contribution in [-0.4, -0.2) is 51.5 Å². The largest absolute Gasteiger partial charge is 0.503 e. The topological polar surface area (TPSA) is 107 Å². The first-order valence-electron chi connectivity index (χ1n) is 13.6. The number of ether oxygens (including phenoxy) is 2. The van der Waals surface area contributed by atoms with Gasteiger partial charge >= 0.3 is 0 Å². The lowest BCUT2D eigenvalue weighted by molar-refractivity contribution is -0.129. The zero-order valence-corrected chi connectivity index (χ0v) is 22.7. The molecular formula is C31H33N3O6. The summed E-state index contributed by atoms with van der Waals surface area (Å²) in [6.07, 6.45) is 8.92. The summed E-state index contributed by atoms with van der Waals surface area (Å²) in [5.41, 5.74) is 1.15. The van der Waals surface area contributed by atoms with Crippen LogP contribution in [0.15, 0.2) is 83.0 Å². The summed E-state index contributed by atoms with van der Waals surface area (Å²) in [6.45, 7) is 3.62. The van der Waals surface area contributed by atoms with Crippen molar-refractivity contribution in [2.24, 2.45) is 0 Å². The fourth-order valence-electron chi connectivity index (χ4n) is 5.04. The minimum absolute atomic E-state index is 0.0228. The Morgan fingerprint density at radius 1 is 1.07 bits per heavy atom. The first-order chi connectivity index (χ1) is 19.5. The number of furan rings is 1. The van der Waals surface area contributed by atoms with Crippen molar-refractivity contribution in [1.82, 2.24) is 14.5 Å². The SMILES string of the molecule is CCCCCOc1ccc([C@H]2C(C(=O)c3cc4ccccc4o3)=C(O)C(=O)N2CCCn2ccnc2)cc1OC. The van der Waals surface area contributed by atoms with Crippen molar-refractivity contribution in [3.8, 4) is 11.5 Å². The molecule has 0 bridgehead atoms. The van der Waals surface area contributed by atoms with Crippen molar-refractivity contribution in [2.75, 3.05) is 20.3 Å². The van der Waals surface area contributed by atoms with Crippen LogP contribution in [-0.2, 0) is 11.3 Å². The summed E-state index contributed by atoms with van der Waals surface area (Å²) in [7, 11) is 1.55. The van der Waals surface area contributed by atoms with E-state index in [1.165, 1.54) is 4.90 Å². The number of fused-ring (bicyclic) bond motifs is 1. The minimum Gasteiger partial charge on any atom is -0.503 e. The fraction of sp³-hybridized carbons (Fsp3) is 0.323. The van der Waals surface area contributed by atoms with Crippen molar-refractivity contribution in [1.29, 1.82) is 0 Å². The minimum atomic E-state index is -0.834. The maximum absolute atomic E-state index is 13.8. The molecule has 3 heterocycles. The number of benzene rings is 2. The van der Waals surface area contributed by atoms with E-state index in [0.29, 0.717) is 48.8 Å². The van der Waals surface area contributed by atoms with Crippen LogP contribution in [0.4, 0.5) is 0 Å². The zero-order valence-electron chi connectivity index (χ0n) is 22.7. The first-order valence-corrected chi connectivity index (χ1v) is 13.6. The average molecular weight is 544 g/mol. The lowest BCUT2D eigenvalue weighted by Crippen LogP contribution is -2.32. The Labute approximate surface area is 232 Å². The number of nitrogens with zero attached hydrogens (tertiary/aromatic N) is 3. The molecule has 40 heavy (non-hydrogen) atoms. The van der Waals surface area contributed by atoms with Crippen molar-refractivity contribution >= 4 is 22.7 Å². The number of aromatic nitrogens is 2. The smallest absolute Gasteiger partial charge is 0.290 e. The van der Waals surface area contributed by atoms with Crippen molar-refractivity contribution in [3.63, 3.8) is 0 Å². The normalized spacial score (nSPS) is 15.3. The number of hydrogen-bond donors (Lipinski definition) is 1. The molecule has 4 aromatic rings. The second-order valence-corrected chi connectivity index (χ2v) is 9.76. The van der Waals surface area contributed by atoms with E-state index in [4.69, 9.17) is 13.9 Å². The third-order valence-electron chi connectivity index (χ3n) is 7.08. The number of rotatable bonds is 13. The second kappa shape index (κ2) is 12.1. The van der Waals surface area contributed by atoms with Crippen molar-refractivity contribution in [3.05, 3.63) is 89.9 Å². The number of imidazole rings is 1. The molecule has 0 unspecified atom stereocenters. The predicted octanol–water partition coefficient (Wildman–Crippen LogP) is 5.88. The number of para-hydroxylation sites is 1. The van der Waals surface area contributed by atoms with E-state index in [2.05, 4.69) is 11.9 Å². The van der Waals surface area contributed by atoms with Crippen LogP contribution in [0, 0.1) is 0 Å². The molecule has 0 saturated heterocycles. The van der Waals surface area contributed by atoms with Crippen LogP contribution in [0.5, 0.6) is 11.5 Å². The van der Waals surface area contributed by atoms with Gasteiger partial charge in [-0.3, -0.25) is 9.59 Å². The molecule has 1 atom stereocenters. The number of amides is 1. The highest BCUT2D eigenvalue weighted by Crippen LogP contribution is 2.42. The van der Waals surface area contributed by atoms with E-state index in [1.54, 1.807) is 43.9 Å². The highest BCUT2D eigenvalue weighted by molar-refractivity contribution is 6.16. The van der Waals surface area contributed by atoms with Gasteiger partial charge in [-0.25, -0.2) is 4.98 Å². The third-order valence-corrected chi connectivity index (χ3v) is 7.08. The van der Waals surface area contributed by atoms with Gasteiger partial charge < -0.3 is 28.5 Å². The molecule has 9 heteroatoms. The van der Waals surface area contributed by atoms with Gasteiger partial charge in [-0.2, -0.15) is 0 Å². The van der Waals surface area contributed by atoms with Gasteiger partial charge in [-0.05, 0) is 42.7 Å². The Bertz CT molecular complexity index is 1490. The molecule has 2 aromatic carbocycles. The molecule has 208 valence electrons. The number of aliphatic hydroxyl groups excluding tert-OH is 1. The van der Waals surface area contributed by atoms with Crippen LogP contribution in [0.3, 0.4) is 0 Å². The number of unbranched alkanes of at least 4 members (excludes halogenated alkanes) is 2. The van der Waals surface area contributed by atoms with Crippen LogP contribution < -0.4 is 9.47 Å². The number of Topliss-reactive ketones (excluding diaryl/α,β-unsaturated/α-hetero) is 1. The number of aliphatic hydroxyl groups is 1. The quantitative estimate of drug-likeness (QED) is 0.166. The Kier molecular flexibility index (Phi) is 8.19. The summed E-state index contributed by atoms with van der Waals surface area (Å²) < 4.78 is 19.3. The molecule has 0 radical (unpaired) electrons. The molecule has 0 aliphatic carbocycles. The Hall–Kier alpha value is -4.53. The molecule has 0 saturated carbocycles. The predicted molar refractivity (Wildman–Crippen MR) is 150 cm³/mol. The maximum Gasteiger partial charge on any atom is 0.290 e. The summed E-state index contributed by atoms with van der Waals surface area (Å²) in [5.74, 6) is -0.587.